The highest BCUT2D eigenvalue weighted by Crippen LogP contribution is 2.43. The van der Waals surface area contributed by atoms with Gasteiger partial charge in [0.1, 0.15) is 22.5 Å². The third-order valence-electron chi connectivity index (χ3n) is 8.14. The van der Waals surface area contributed by atoms with E-state index < -0.39 is 15.3 Å². The van der Waals surface area contributed by atoms with Crippen molar-refractivity contribution in [3.8, 4) is 11.4 Å². The Morgan fingerprint density at radius 2 is 1.52 bits per heavy atom. The van der Waals surface area contributed by atoms with Crippen LogP contribution in [-0.2, 0) is 20.7 Å². The zero-order chi connectivity index (χ0) is 29.1. The highest BCUT2D eigenvalue weighted by Gasteiger charge is 2.32. The van der Waals surface area contributed by atoms with E-state index in [0.717, 1.165) is 48.8 Å². The van der Waals surface area contributed by atoms with Gasteiger partial charge < -0.3 is 5.11 Å². The molecule has 6 nitrogen and oxygen atoms in total. The van der Waals surface area contributed by atoms with E-state index in [1.807, 2.05) is 31.2 Å². The molecule has 0 atom stereocenters. The number of rotatable bonds is 12. The lowest BCUT2D eigenvalue weighted by molar-refractivity contribution is 0.433. The van der Waals surface area contributed by atoms with Crippen molar-refractivity contribution in [2.24, 2.45) is 0 Å². The number of hydrogen-bond donors (Lipinski definition) is 1. The normalized spacial score (nSPS) is 12.8. The highest BCUT2D eigenvalue weighted by atomic mass is 32.2. The molecule has 7 heteroatoms. The van der Waals surface area contributed by atoms with Crippen molar-refractivity contribution in [1.29, 1.82) is 0 Å². The molecule has 4 aromatic rings. The maximum Gasteiger partial charge on any atom is 0.180 e. The molecule has 0 fully saturated rings. The first-order valence-corrected chi connectivity index (χ1v) is 16.1. The molecule has 0 aliphatic heterocycles. The van der Waals surface area contributed by atoms with Crippen LogP contribution in [0, 0.1) is 0 Å². The summed E-state index contributed by atoms with van der Waals surface area (Å²) in [6, 6.07) is 19.3. The number of sulfone groups is 1. The molecule has 0 saturated carbocycles. The smallest absolute Gasteiger partial charge is 0.180 e. The molecule has 3 aromatic carbocycles. The Labute approximate surface area is 239 Å². The monoisotopic (exact) mass is 561 g/mol. The van der Waals surface area contributed by atoms with Crippen molar-refractivity contribution in [2.75, 3.05) is 5.75 Å². The average molecular weight is 562 g/mol. The topological polar surface area (TPSA) is 85.1 Å². The molecule has 214 valence electrons. The number of aromatic nitrogens is 3. The van der Waals surface area contributed by atoms with Crippen LogP contribution in [-0.4, -0.2) is 34.3 Å². The van der Waals surface area contributed by atoms with Crippen LogP contribution in [0.4, 0.5) is 0 Å². The first kappa shape index (κ1) is 29.8. The molecule has 0 bridgehead atoms. The molecule has 0 aliphatic rings. The maximum atomic E-state index is 13.1. The molecular weight excluding hydrogens is 518 g/mol. The fourth-order valence-corrected chi connectivity index (χ4v) is 6.94. The minimum Gasteiger partial charge on any atom is -0.505 e. The van der Waals surface area contributed by atoms with Crippen LogP contribution >= 0.6 is 0 Å². The number of hydrogen-bond acceptors (Lipinski definition) is 5. The van der Waals surface area contributed by atoms with Crippen LogP contribution < -0.4 is 0 Å². The minimum absolute atomic E-state index is 0.0670. The quantitative estimate of drug-likeness (QED) is 0.178. The van der Waals surface area contributed by atoms with Gasteiger partial charge in [0, 0.05) is 11.0 Å². The summed E-state index contributed by atoms with van der Waals surface area (Å²) in [6.45, 7) is 12.9. The number of nitrogens with zero attached hydrogens (tertiary/aromatic N) is 3. The van der Waals surface area contributed by atoms with E-state index in [9.17, 15) is 13.5 Å². The van der Waals surface area contributed by atoms with Gasteiger partial charge in [0.15, 0.2) is 9.84 Å². The summed E-state index contributed by atoms with van der Waals surface area (Å²) in [7, 11) is -3.52. The number of phenolic OH excluding ortho intramolecular Hbond substituents is 1. The molecule has 1 heterocycles. The molecule has 1 N–H and O–H groups in total. The predicted octanol–water partition coefficient (Wildman–Crippen LogP) is 7.88. The molecule has 0 saturated heterocycles. The van der Waals surface area contributed by atoms with Gasteiger partial charge in [-0.1, -0.05) is 110 Å². The lowest BCUT2D eigenvalue weighted by Crippen LogP contribution is -2.23. The van der Waals surface area contributed by atoms with E-state index in [1.54, 1.807) is 18.2 Å². The van der Waals surface area contributed by atoms with Crippen molar-refractivity contribution >= 4 is 20.9 Å². The molecule has 40 heavy (non-hydrogen) atoms. The van der Waals surface area contributed by atoms with Crippen molar-refractivity contribution in [3.63, 3.8) is 0 Å². The van der Waals surface area contributed by atoms with Crippen molar-refractivity contribution in [2.45, 2.75) is 95.8 Å². The Balaban J connectivity index is 1.93. The summed E-state index contributed by atoms with van der Waals surface area (Å²) in [5, 5.41) is 21.1. The van der Waals surface area contributed by atoms with E-state index in [1.165, 1.54) is 4.80 Å². The SMILES string of the molecule is CCCCCC(C)(C)c1cc(-n2nc3cccc(S(=O)(=O)CCCC)c3n2)c(O)c(C(C)(C)c2ccccc2)c1. The molecule has 0 spiro atoms. The molecule has 0 unspecified atom stereocenters. The Morgan fingerprint density at radius 3 is 2.20 bits per heavy atom. The Morgan fingerprint density at radius 1 is 0.825 bits per heavy atom. The summed E-state index contributed by atoms with van der Waals surface area (Å²) in [5.41, 5.74) is 3.56. The lowest BCUT2D eigenvalue weighted by atomic mass is 9.73. The van der Waals surface area contributed by atoms with Crippen molar-refractivity contribution < 1.29 is 13.5 Å². The van der Waals surface area contributed by atoms with Crippen LogP contribution in [0.25, 0.3) is 16.7 Å². The third kappa shape index (κ3) is 5.95. The van der Waals surface area contributed by atoms with Gasteiger partial charge in [-0.3, -0.25) is 0 Å². The van der Waals surface area contributed by atoms with Gasteiger partial charge in [-0.2, -0.15) is 0 Å². The first-order chi connectivity index (χ1) is 18.9. The van der Waals surface area contributed by atoms with E-state index >= 15 is 0 Å². The van der Waals surface area contributed by atoms with Crippen molar-refractivity contribution in [3.05, 3.63) is 77.4 Å². The molecule has 0 aliphatic carbocycles. The van der Waals surface area contributed by atoms with Gasteiger partial charge in [-0.25, -0.2) is 8.42 Å². The summed E-state index contributed by atoms with van der Waals surface area (Å²) in [5.74, 6) is 0.162. The summed E-state index contributed by atoms with van der Waals surface area (Å²) in [4.78, 5) is 1.60. The van der Waals surface area contributed by atoms with Gasteiger partial charge in [0.2, 0.25) is 0 Å². The molecule has 0 radical (unpaired) electrons. The predicted molar refractivity (Wildman–Crippen MR) is 163 cm³/mol. The van der Waals surface area contributed by atoms with Crippen LogP contribution in [0.3, 0.4) is 0 Å². The Hall–Kier alpha value is -3.19. The zero-order valence-electron chi connectivity index (χ0n) is 24.7. The fourth-order valence-electron chi connectivity index (χ4n) is 5.32. The summed E-state index contributed by atoms with van der Waals surface area (Å²) in [6.07, 6.45) is 5.80. The van der Waals surface area contributed by atoms with Crippen molar-refractivity contribution in [1.82, 2.24) is 15.0 Å². The molecule has 4 rings (SSSR count). The van der Waals surface area contributed by atoms with E-state index in [2.05, 4.69) is 63.0 Å². The Bertz CT molecular complexity index is 1570. The van der Waals surface area contributed by atoms with Gasteiger partial charge >= 0.3 is 0 Å². The standard InChI is InChI=1S/C33H43N3O3S/c1-7-9-14-20-32(3,4)25-22-26(33(5,6)24-16-12-11-13-17-24)31(37)28(23-25)36-34-27-18-15-19-29(30(27)35-36)40(38,39)21-10-8-2/h11-13,15-19,22-23,37H,7-10,14,20-21H2,1-6H3. The highest BCUT2D eigenvalue weighted by molar-refractivity contribution is 7.91. The second-order valence-electron chi connectivity index (χ2n) is 12.0. The minimum atomic E-state index is -3.52. The molecule has 0 amide bonds. The second kappa shape index (κ2) is 11.7. The van der Waals surface area contributed by atoms with E-state index in [0.29, 0.717) is 23.1 Å². The van der Waals surface area contributed by atoms with Gasteiger partial charge in [-0.15, -0.1) is 15.0 Å². The lowest BCUT2D eigenvalue weighted by Gasteiger charge is -2.32. The molecular formula is C33H43N3O3S. The number of fused-ring (bicyclic) bond motifs is 1. The second-order valence-corrected chi connectivity index (χ2v) is 14.1. The Kier molecular flexibility index (Phi) is 8.74. The summed E-state index contributed by atoms with van der Waals surface area (Å²) < 4.78 is 26.3. The van der Waals surface area contributed by atoms with Gasteiger partial charge in [0.05, 0.1) is 10.6 Å². The van der Waals surface area contributed by atoms with Gasteiger partial charge in [0.25, 0.3) is 0 Å². The average Bonchev–Trinajstić information content (AvgIpc) is 3.36. The van der Waals surface area contributed by atoms with E-state index in [-0.39, 0.29) is 21.8 Å². The van der Waals surface area contributed by atoms with Crippen LogP contribution in [0.5, 0.6) is 5.75 Å². The van der Waals surface area contributed by atoms with Crippen LogP contribution in [0.2, 0.25) is 0 Å². The van der Waals surface area contributed by atoms with Crippen LogP contribution in [0.15, 0.2) is 65.6 Å². The largest absolute Gasteiger partial charge is 0.505 e. The van der Waals surface area contributed by atoms with Gasteiger partial charge in [-0.05, 0) is 47.6 Å². The maximum absolute atomic E-state index is 13.1. The molecule has 1 aromatic heterocycles. The van der Waals surface area contributed by atoms with Crippen LogP contribution in [0.1, 0.15) is 96.8 Å². The number of benzene rings is 3. The number of aromatic hydroxyl groups is 1. The van der Waals surface area contributed by atoms with E-state index in [4.69, 9.17) is 0 Å². The number of unbranched alkanes of at least 4 members (excludes halogenated alkanes) is 3. The third-order valence-corrected chi connectivity index (χ3v) is 9.96. The number of phenols is 1. The zero-order valence-corrected chi connectivity index (χ0v) is 25.6. The summed E-state index contributed by atoms with van der Waals surface area (Å²) >= 11 is 0. The first-order valence-electron chi connectivity index (χ1n) is 14.4. The fraction of sp³-hybridized carbons (Fsp3) is 0.455.